The molecule has 0 bridgehead atoms. The first-order valence-corrected chi connectivity index (χ1v) is 12.5. The smallest absolute Gasteiger partial charge is 0.264 e. The van der Waals surface area contributed by atoms with Gasteiger partial charge in [-0.1, -0.05) is 12.1 Å². The number of ether oxygens (including phenoxy) is 1. The van der Waals surface area contributed by atoms with Crippen molar-refractivity contribution < 1.29 is 28.3 Å². The Morgan fingerprint density at radius 3 is 2.49 bits per heavy atom. The van der Waals surface area contributed by atoms with Crippen LogP contribution in [0.15, 0.2) is 36.4 Å². The molecule has 2 aromatic rings. The Balaban J connectivity index is 1.31. The van der Waals surface area contributed by atoms with Crippen molar-refractivity contribution in [3.05, 3.63) is 58.9 Å². The lowest BCUT2D eigenvalue weighted by atomic mass is 10.0. The van der Waals surface area contributed by atoms with Gasteiger partial charge in [0.1, 0.15) is 17.6 Å². The van der Waals surface area contributed by atoms with E-state index in [1.54, 1.807) is 7.11 Å². The van der Waals surface area contributed by atoms with E-state index in [-0.39, 0.29) is 29.7 Å². The van der Waals surface area contributed by atoms with E-state index in [2.05, 4.69) is 10.2 Å². The zero-order valence-corrected chi connectivity index (χ0v) is 20.7. The summed E-state index contributed by atoms with van der Waals surface area (Å²) in [4.78, 5) is 55.5. The first kappa shape index (κ1) is 24.9. The lowest BCUT2D eigenvalue weighted by Gasteiger charge is -2.28. The number of carbonyl (C=O) groups excluding carboxylic acids is 4. The normalized spacial score (nSPS) is 20.6. The summed E-state index contributed by atoms with van der Waals surface area (Å²) in [5.74, 6) is -2.20. The number of hydrogen-bond acceptors (Lipinski definition) is 7. The number of anilines is 1. The summed E-state index contributed by atoms with van der Waals surface area (Å²) in [6, 6.07) is 9.39. The third-order valence-electron chi connectivity index (χ3n) is 7.31. The fourth-order valence-electron chi connectivity index (χ4n) is 5.32. The molecule has 10 heteroatoms. The summed E-state index contributed by atoms with van der Waals surface area (Å²) < 4.78 is 20.4. The SMILES string of the molecule is COc1ccc(CCN2CCCN(c3c(F)ccc4c3C(=O)N(C3CCC(=O)NC3=O)C4=O)CC2)cc1. The minimum absolute atomic E-state index is 0.00128. The van der Waals surface area contributed by atoms with E-state index >= 15 is 4.39 Å². The number of fused-ring (bicyclic) bond motifs is 1. The minimum Gasteiger partial charge on any atom is -0.497 e. The number of hydrogen-bond donors (Lipinski definition) is 1. The van der Waals surface area contributed by atoms with E-state index in [4.69, 9.17) is 4.74 Å². The predicted molar refractivity (Wildman–Crippen MR) is 133 cm³/mol. The molecule has 1 unspecified atom stereocenters. The van der Waals surface area contributed by atoms with E-state index < -0.39 is 35.5 Å². The molecule has 0 aromatic heterocycles. The Hall–Kier alpha value is -3.79. The highest BCUT2D eigenvalue weighted by atomic mass is 19.1. The number of amides is 4. The first-order valence-electron chi connectivity index (χ1n) is 12.5. The molecule has 9 nitrogen and oxygen atoms in total. The third kappa shape index (κ3) is 4.81. The summed E-state index contributed by atoms with van der Waals surface area (Å²) in [5, 5.41) is 2.19. The minimum atomic E-state index is -1.08. The largest absolute Gasteiger partial charge is 0.497 e. The van der Waals surface area contributed by atoms with Gasteiger partial charge < -0.3 is 14.5 Å². The molecular formula is C27H29FN4O5. The van der Waals surface area contributed by atoms with E-state index in [9.17, 15) is 19.2 Å². The number of imide groups is 2. The first-order chi connectivity index (χ1) is 17.9. The number of nitrogens with zero attached hydrogens (tertiary/aromatic N) is 3. The fraction of sp³-hybridized carbons (Fsp3) is 0.407. The highest BCUT2D eigenvalue weighted by Crippen LogP contribution is 2.36. The Bertz CT molecular complexity index is 1250. The van der Waals surface area contributed by atoms with Crippen LogP contribution in [-0.2, 0) is 16.0 Å². The van der Waals surface area contributed by atoms with Crippen LogP contribution in [0, 0.1) is 5.82 Å². The van der Waals surface area contributed by atoms with Crippen LogP contribution in [0.4, 0.5) is 10.1 Å². The maximum absolute atomic E-state index is 15.2. The van der Waals surface area contributed by atoms with Crippen LogP contribution in [0.3, 0.4) is 0 Å². The van der Waals surface area contributed by atoms with Crippen molar-refractivity contribution in [2.45, 2.75) is 31.7 Å². The maximum Gasteiger partial charge on any atom is 0.264 e. The molecule has 0 saturated carbocycles. The molecule has 4 amide bonds. The highest BCUT2D eigenvalue weighted by molar-refractivity contribution is 6.25. The van der Waals surface area contributed by atoms with E-state index in [1.165, 1.54) is 17.7 Å². The van der Waals surface area contributed by atoms with Crippen molar-refractivity contribution >= 4 is 29.3 Å². The molecule has 2 aromatic carbocycles. The molecule has 2 saturated heterocycles. The molecule has 1 atom stereocenters. The average molecular weight is 509 g/mol. The maximum atomic E-state index is 15.2. The van der Waals surface area contributed by atoms with Gasteiger partial charge in [0.05, 0.1) is 23.9 Å². The van der Waals surface area contributed by atoms with Gasteiger partial charge in [-0.05, 0) is 55.6 Å². The van der Waals surface area contributed by atoms with Gasteiger partial charge in [-0.3, -0.25) is 29.4 Å². The van der Waals surface area contributed by atoms with Crippen LogP contribution in [0.2, 0.25) is 0 Å². The molecule has 0 aliphatic carbocycles. The van der Waals surface area contributed by atoms with Gasteiger partial charge in [0, 0.05) is 32.6 Å². The monoisotopic (exact) mass is 508 g/mol. The highest BCUT2D eigenvalue weighted by Gasteiger charge is 2.46. The van der Waals surface area contributed by atoms with Crippen molar-refractivity contribution in [1.82, 2.24) is 15.1 Å². The van der Waals surface area contributed by atoms with Gasteiger partial charge in [0.25, 0.3) is 11.8 Å². The molecule has 0 spiro atoms. The molecule has 0 radical (unpaired) electrons. The fourth-order valence-corrected chi connectivity index (χ4v) is 5.32. The number of nitrogens with one attached hydrogen (secondary N) is 1. The van der Waals surface area contributed by atoms with Crippen molar-refractivity contribution in [2.24, 2.45) is 0 Å². The number of halogens is 1. The molecule has 3 aliphatic rings. The zero-order valence-electron chi connectivity index (χ0n) is 20.7. The van der Waals surface area contributed by atoms with Gasteiger partial charge in [-0.15, -0.1) is 0 Å². The zero-order chi connectivity index (χ0) is 26.1. The summed E-state index contributed by atoms with van der Waals surface area (Å²) in [6.45, 7) is 3.38. The van der Waals surface area contributed by atoms with Crippen LogP contribution in [0.25, 0.3) is 0 Å². The average Bonchev–Trinajstić information content (AvgIpc) is 3.03. The second kappa shape index (κ2) is 10.3. The predicted octanol–water partition coefficient (Wildman–Crippen LogP) is 1.99. The molecule has 3 heterocycles. The Kier molecular flexibility index (Phi) is 6.92. The molecular weight excluding hydrogens is 479 g/mol. The summed E-state index contributed by atoms with van der Waals surface area (Å²) in [7, 11) is 1.64. The molecule has 194 valence electrons. The van der Waals surface area contributed by atoms with Crippen molar-refractivity contribution in [2.75, 3.05) is 44.7 Å². The Labute approximate surface area is 214 Å². The summed E-state index contributed by atoms with van der Waals surface area (Å²) >= 11 is 0. The third-order valence-corrected chi connectivity index (χ3v) is 7.31. The molecule has 3 aliphatic heterocycles. The van der Waals surface area contributed by atoms with Gasteiger partial charge in [-0.2, -0.15) is 0 Å². The van der Waals surface area contributed by atoms with E-state index in [0.717, 1.165) is 36.6 Å². The number of piperidine rings is 1. The van der Waals surface area contributed by atoms with Crippen molar-refractivity contribution in [1.29, 1.82) is 0 Å². The molecule has 5 rings (SSSR count). The number of rotatable bonds is 6. The lowest BCUT2D eigenvalue weighted by molar-refractivity contribution is -0.136. The summed E-state index contributed by atoms with van der Waals surface area (Å²) in [6.07, 6.45) is 1.72. The lowest BCUT2D eigenvalue weighted by Crippen LogP contribution is -2.54. The van der Waals surface area contributed by atoms with Crippen LogP contribution < -0.4 is 15.0 Å². The van der Waals surface area contributed by atoms with Crippen LogP contribution >= 0.6 is 0 Å². The van der Waals surface area contributed by atoms with Gasteiger partial charge in [0.2, 0.25) is 11.8 Å². The summed E-state index contributed by atoms with van der Waals surface area (Å²) in [5.41, 5.74) is 1.40. The second-order valence-electron chi connectivity index (χ2n) is 9.55. The number of carbonyl (C=O) groups is 4. The van der Waals surface area contributed by atoms with Crippen LogP contribution in [-0.4, -0.2) is 79.3 Å². The second-order valence-corrected chi connectivity index (χ2v) is 9.55. The molecule has 1 N–H and O–H groups in total. The quantitative estimate of drug-likeness (QED) is 0.596. The number of methoxy groups -OCH3 is 1. The molecule has 37 heavy (non-hydrogen) atoms. The van der Waals surface area contributed by atoms with Crippen LogP contribution in [0.5, 0.6) is 5.75 Å². The van der Waals surface area contributed by atoms with Gasteiger partial charge in [-0.25, -0.2) is 4.39 Å². The van der Waals surface area contributed by atoms with E-state index in [0.29, 0.717) is 19.6 Å². The van der Waals surface area contributed by atoms with Crippen molar-refractivity contribution in [3.8, 4) is 5.75 Å². The molecule has 2 fully saturated rings. The van der Waals surface area contributed by atoms with Gasteiger partial charge in [0.15, 0.2) is 0 Å². The van der Waals surface area contributed by atoms with Gasteiger partial charge >= 0.3 is 0 Å². The van der Waals surface area contributed by atoms with Crippen LogP contribution in [0.1, 0.15) is 45.5 Å². The van der Waals surface area contributed by atoms with E-state index in [1.807, 2.05) is 29.2 Å². The Morgan fingerprint density at radius 2 is 1.76 bits per heavy atom. The number of benzene rings is 2. The topological polar surface area (TPSA) is 99.3 Å². The Morgan fingerprint density at radius 1 is 0.973 bits per heavy atom. The standard InChI is InChI=1S/C27H29FN4O5/c1-37-18-5-3-17(4-6-18)11-14-30-12-2-13-31(16-15-30)24-20(28)8-7-19-23(24)27(36)32(26(19)35)21-9-10-22(33)29-25(21)34/h3-8,21H,2,9-16H2,1H3,(H,29,33,34). The van der Waals surface area contributed by atoms with Crippen molar-refractivity contribution in [3.63, 3.8) is 0 Å².